The van der Waals surface area contributed by atoms with E-state index >= 15 is 0 Å². The van der Waals surface area contributed by atoms with Crippen molar-refractivity contribution < 1.29 is 9.53 Å². The highest BCUT2D eigenvalue weighted by Crippen LogP contribution is 2.29. The molecule has 0 spiro atoms. The van der Waals surface area contributed by atoms with Crippen molar-refractivity contribution >= 4 is 5.91 Å². The lowest BCUT2D eigenvalue weighted by atomic mass is 10.0. The zero-order valence-corrected chi connectivity index (χ0v) is 10.3. The fraction of sp³-hybridized carbons (Fsp3) is 0.400. The van der Waals surface area contributed by atoms with Crippen molar-refractivity contribution in [3.8, 4) is 0 Å². The van der Waals surface area contributed by atoms with Gasteiger partial charge in [-0.15, -0.1) is 0 Å². The van der Waals surface area contributed by atoms with Gasteiger partial charge in [0, 0.05) is 25.3 Å². The van der Waals surface area contributed by atoms with Crippen LogP contribution in [0.15, 0.2) is 47.1 Å². The van der Waals surface area contributed by atoms with Gasteiger partial charge in [-0.3, -0.25) is 4.79 Å². The lowest BCUT2D eigenvalue weighted by molar-refractivity contribution is -0.117. The minimum atomic E-state index is 0.0442. The number of carbonyl (C=O) groups is 1. The maximum atomic E-state index is 12.1. The van der Waals surface area contributed by atoms with Crippen LogP contribution in [-0.4, -0.2) is 25.7 Å². The van der Waals surface area contributed by atoms with E-state index in [1.807, 2.05) is 30.4 Å². The molecular formula is C15H17NO2. The fourth-order valence-electron chi connectivity index (χ4n) is 2.57. The van der Waals surface area contributed by atoms with Crippen LogP contribution in [0.25, 0.3) is 0 Å². The minimum absolute atomic E-state index is 0.0442. The van der Waals surface area contributed by atoms with Crippen LogP contribution in [0, 0.1) is 5.92 Å². The van der Waals surface area contributed by atoms with Crippen LogP contribution in [0.3, 0.4) is 0 Å². The Hall–Kier alpha value is -1.61. The Morgan fingerprint density at radius 1 is 1.28 bits per heavy atom. The molecular weight excluding hydrogens is 226 g/mol. The Kier molecular flexibility index (Phi) is 3.15. The standard InChI is InChI=1S/C15H17NO2/c17-15(16-10-11-6-8-18-9-7-11)14-5-4-12-2-1-3-13(12)14/h1-5,11H,6-10H2,(H,16,17). The van der Waals surface area contributed by atoms with E-state index in [4.69, 9.17) is 4.74 Å². The molecule has 0 aromatic heterocycles. The molecule has 3 rings (SSSR count). The first-order valence-corrected chi connectivity index (χ1v) is 6.51. The quantitative estimate of drug-likeness (QED) is 0.822. The predicted molar refractivity (Wildman–Crippen MR) is 69.9 cm³/mol. The Balaban J connectivity index is 1.59. The zero-order valence-electron chi connectivity index (χ0n) is 10.3. The maximum absolute atomic E-state index is 12.1. The van der Waals surface area contributed by atoms with Gasteiger partial charge in [0.1, 0.15) is 0 Å². The molecule has 0 aromatic carbocycles. The molecule has 0 saturated carbocycles. The monoisotopic (exact) mass is 243 g/mol. The molecule has 1 aliphatic heterocycles. The molecule has 1 amide bonds. The number of ether oxygens (including phenoxy) is 1. The molecule has 0 aromatic rings. The second-order valence-electron chi connectivity index (χ2n) is 4.91. The Morgan fingerprint density at radius 2 is 2.11 bits per heavy atom. The van der Waals surface area contributed by atoms with Gasteiger partial charge in [0.15, 0.2) is 0 Å². The molecule has 3 aliphatic rings. The Bertz CT molecular complexity index is 477. The summed E-state index contributed by atoms with van der Waals surface area (Å²) in [6, 6.07) is 0. The molecule has 18 heavy (non-hydrogen) atoms. The van der Waals surface area contributed by atoms with Crippen LogP contribution < -0.4 is 5.32 Å². The largest absolute Gasteiger partial charge is 0.381 e. The van der Waals surface area contributed by atoms with Crippen LogP contribution in [0.1, 0.15) is 12.8 Å². The SMILES string of the molecule is O=C(NCC1CCOCC1)C1=C2C=CC=C2C=C1. The van der Waals surface area contributed by atoms with Gasteiger partial charge < -0.3 is 10.1 Å². The summed E-state index contributed by atoms with van der Waals surface area (Å²) in [6.07, 6.45) is 12.0. The molecule has 2 aliphatic carbocycles. The van der Waals surface area contributed by atoms with E-state index in [-0.39, 0.29) is 5.91 Å². The molecule has 0 bridgehead atoms. The number of rotatable bonds is 3. The third kappa shape index (κ3) is 2.18. The molecule has 0 radical (unpaired) electrons. The average Bonchev–Trinajstić information content (AvgIpc) is 2.99. The second kappa shape index (κ2) is 4.94. The molecule has 1 saturated heterocycles. The van der Waals surface area contributed by atoms with Gasteiger partial charge in [0.2, 0.25) is 0 Å². The summed E-state index contributed by atoms with van der Waals surface area (Å²) < 4.78 is 5.31. The third-order valence-electron chi connectivity index (χ3n) is 3.71. The summed E-state index contributed by atoms with van der Waals surface area (Å²) in [4.78, 5) is 12.1. The van der Waals surface area contributed by atoms with Crippen LogP contribution in [-0.2, 0) is 9.53 Å². The summed E-state index contributed by atoms with van der Waals surface area (Å²) in [5.41, 5.74) is 2.99. The summed E-state index contributed by atoms with van der Waals surface area (Å²) >= 11 is 0. The smallest absolute Gasteiger partial charge is 0.251 e. The minimum Gasteiger partial charge on any atom is -0.381 e. The van der Waals surface area contributed by atoms with Crippen LogP contribution in [0.2, 0.25) is 0 Å². The zero-order chi connectivity index (χ0) is 12.4. The topological polar surface area (TPSA) is 38.3 Å². The molecule has 0 atom stereocenters. The number of allylic oxidation sites excluding steroid dienone is 6. The van der Waals surface area contributed by atoms with Crippen LogP contribution >= 0.6 is 0 Å². The summed E-state index contributed by atoms with van der Waals surface area (Å²) in [5.74, 6) is 0.607. The van der Waals surface area contributed by atoms with E-state index in [0.29, 0.717) is 5.92 Å². The number of fused-ring (bicyclic) bond motifs is 1. The maximum Gasteiger partial charge on any atom is 0.251 e. The predicted octanol–water partition coefficient (Wildman–Crippen LogP) is 1.89. The van der Waals surface area contributed by atoms with Gasteiger partial charge >= 0.3 is 0 Å². The highest BCUT2D eigenvalue weighted by atomic mass is 16.5. The van der Waals surface area contributed by atoms with Gasteiger partial charge in [0.25, 0.3) is 5.91 Å². The summed E-state index contributed by atoms with van der Waals surface area (Å²) in [5, 5.41) is 3.04. The van der Waals surface area contributed by atoms with E-state index in [9.17, 15) is 4.79 Å². The van der Waals surface area contributed by atoms with Crippen LogP contribution in [0.5, 0.6) is 0 Å². The number of hydrogen-bond acceptors (Lipinski definition) is 2. The highest BCUT2D eigenvalue weighted by Gasteiger charge is 2.21. The first-order chi connectivity index (χ1) is 8.84. The Labute approximate surface area is 107 Å². The van der Waals surface area contributed by atoms with E-state index < -0.39 is 0 Å². The number of carbonyl (C=O) groups excluding carboxylic acids is 1. The fourth-order valence-corrected chi connectivity index (χ4v) is 2.57. The van der Waals surface area contributed by atoms with Crippen molar-refractivity contribution in [2.45, 2.75) is 12.8 Å². The molecule has 1 fully saturated rings. The molecule has 94 valence electrons. The van der Waals surface area contributed by atoms with E-state index in [1.54, 1.807) is 0 Å². The normalized spacial score (nSPS) is 22.3. The average molecular weight is 243 g/mol. The number of nitrogens with one attached hydrogen (secondary N) is 1. The molecule has 0 unspecified atom stereocenters. The van der Waals surface area contributed by atoms with Gasteiger partial charge in [0.05, 0.1) is 0 Å². The van der Waals surface area contributed by atoms with Gasteiger partial charge in [-0.2, -0.15) is 0 Å². The molecule has 3 heteroatoms. The third-order valence-corrected chi connectivity index (χ3v) is 3.71. The van der Waals surface area contributed by atoms with E-state index in [0.717, 1.165) is 49.3 Å². The number of hydrogen-bond donors (Lipinski definition) is 1. The van der Waals surface area contributed by atoms with Crippen molar-refractivity contribution in [2.24, 2.45) is 5.92 Å². The molecule has 1 N–H and O–H groups in total. The Morgan fingerprint density at radius 3 is 2.94 bits per heavy atom. The first-order valence-electron chi connectivity index (χ1n) is 6.51. The van der Waals surface area contributed by atoms with Gasteiger partial charge in [-0.05, 0) is 36.0 Å². The van der Waals surface area contributed by atoms with Gasteiger partial charge in [-0.25, -0.2) is 0 Å². The summed E-state index contributed by atoms with van der Waals surface area (Å²) in [6.45, 7) is 2.41. The van der Waals surface area contributed by atoms with E-state index in [1.165, 1.54) is 0 Å². The number of amides is 1. The van der Waals surface area contributed by atoms with Crippen molar-refractivity contribution in [1.82, 2.24) is 5.32 Å². The van der Waals surface area contributed by atoms with Crippen molar-refractivity contribution in [3.63, 3.8) is 0 Å². The summed E-state index contributed by atoms with van der Waals surface area (Å²) in [7, 11) is 0. The van der Waals surface area contributed by atoms with E-state index in [2.05, 4.69) is 5.32 Å². The second-order valence-corrected chi connectivity index (χ2v) is 4.91. The van der Waals surface area contributed by atoms with Crippen molar-refractivity contribution in [1.29, 1.82) is 0 Å². The van der Waals surface area contributed by atoms with Crippen molar-refractivity contribution in [2.75, 3.05) is 19.8 Å². The first kappa shape index (κ1) is 11.5. The lowest BCUT2D eigenvalue weighted by Gasteiger charge is -2.22. The van der Waals surface area contributed by atoms with Gasteiger partial charge in [-0.1, -0.05) is 24.3 Å². The molecule has 1 heterocycles. The molecule has 3 nitrogen and oxygen atoms in total. The highest BCUT2D eigenvalue weighted by molar-refractivity contribution is 6.00. The van der Waals surface area contributed by atoms with Crippen LogP contribution in [0.4, 0.5) is 0 Å². The van der Waals surface area contributed by atoms with Crippen molar-refractivity contribution in [3.05, 3.63) is 47.1 Å². The lowest BCUT2D eigenvalue weighted by Crippen LogP contribution is -2.32.